The van der Waals surface area contributed by atoms with Gasteiger partial charge >= 0.3 is 5.69 Å². The van der Waals surface area contributed by atoms with Gasteiger partial charge in [0.25, 0.3) is 0 Å². The van der Waals surface area contributed by atoms with Crippen LogP contribution in [0.5, 0.6) is 0 Å². The predicted molar refractivity (Wildman–Crippen MR) is 61.5 cm³/mol. The maximum atomic E-state index is 11.3. The highest BCUT2D eigenvalue weighted by molar-refractivity contribution is 6.31. The van der Waals surface area contributed by atoms with E-state index in [9.17, 15) is 4.79 Å². The number of halogens is 1. The first kappa shape index (κ1) is 10.2. The summed E-state index contributed by atoms with van der Waals surface area (Å²) in [4.78, 5) is 18.0. The smallest absolute Gasteiger partial charge is 0.309 e. The van der Waals surface area contributed by atoms with Crippen LogP contribution >= 0.6 is 11.6 Å². The van der Waals surface area contributed by atoms with Gasteiger partial charge in [0, 0.05) is 16.1 Å². The van der Waals surface area contributed by atoms with E-state index in [2.05, 4.69) is 9.97 Å². The number of aromatic amines is 1. The normalized spacial score (nSPS) is 11.2. The van der Waals surface area contributed by atoms with Gasteiger partial charge in [-0.15, -0.1) is 0 Å². The summed E-state index contributed by atoms with van der Waals surface area (Å²) in [6.07, 6.45) is 0. The molecule has 1 N–H and O–H groups in total. The Morgan fingerprint density at radius 1 is 1.40 bits per heavy atom. The molecule has 4 heteroatoms. The molecule has 0 bridgehead atoms. The van der Waals surface area contributed by atoms with E-state index in [0.717, 1.165) is 11.1 Å². The van der Waals surface area contributed by atoms with E-state index in [0.29, 0.717) is 10.5 Å². The Kier molecular flexibility index (Phi) is 2.49. The molecule has 3 nitrogen and oxygen atoms in total. The number of nitrogens with one attached hydrogen (secondary N) is 1. The monoisotopic (exact) mass is 222 g/mol. The molecule has 0 atom stereocenters. The quantitative estimate of drug-likeness (QED) is 0.807. The van der Waals surface area contributed by atoms with Crippen LogP contribution in [-0.2, 0) is 0 Å². The van der Waals surface area contributed by atoms with Crippen molar-refractivity contribution < 1.29 is 0 Å². The van der Waals surface area contributed by atoms with Crippen molar-refractivity contribution in [3.8, 4) is 0 Å². The molecule has 0 aliphatic rings. The van der Waals surface area contributed by atoms with Crippen LogP contribution in [0.25, 0.3) is 10.9 Å². The van der Waals surface area contributed by atoms with E-state index in [1.54, 1.807) is 12.1 Å². The van der Waals surface area contributed by atoms with E-state index in [1.807, 2.05) is 19.9 Å². The first-order valence-electron chi connectivity index (χ1n) is 4.77. The fraction of sp³-hybridized carbons (Fsp3) is 0.273. The van der Waals surface area contributed by atoms with Crippen LogP contribution in [0.2, 0.25) is 5.02 Å². The molecule has 0 saturated heterocycles. The molecule has 0 saturated carbocycles. The summed E-state index contributed by atoms with van der Waals surface area (Å²) in [6.45, 7) is 4.05. The van der Waals surface area contributed by atoms with Crippen molar-refractivity contribution in [1.82, 2.24) is 9.97 Å². The van der Waals surface area contributed by atoms with E-state index in [4.69, 9.17) is 11.6 Å². The van der Waals surface area contributed by atoms with Crippen molar-refractivity contribution in [2.24, 2.45) is 0 Å². The third kappa shape index (κ3) is 1.88. The highest BCUT2D eigenvalue weighted by atomic mass is 35.5. The Morgan fingerprint density at radius 3 is 2.80 bits per heavy atom. The maximum Gasteiger partial charge on any atom is 0.345 e. The fourth-order valence-corrected chi connectivity index (χ4v) is 1.77. The summed E-state index contributed by atoms with van der Waals surface area (Å²) in [7, 11) is 0. The first-order valence-corrected chi connectivity index (χ1v) is 5.15. The summed E-state index contributed by atoms with van der Waals surface area (Å²) >= 11 is 5.85. The van der Waals surface area contributed by atoms with Gasteiger partial charge in [-0.3, -0.25) is 0 Å². The Labute approximate surface area is 92.1 Å². The lowest BCUT2D eigenvalue weighted by Gasteiger charge is -2.08. The number of hydrogen-bond donors (Lipinski definition) is 1. The second kappa shape index (κ2) is 3.66. The van der Waals surface area contributed by atoms with Gasteiger partial charge in [-0.2, -0.15) is 4.98 Å². The van der Waals surface area contributed by atoms with Gasteiger partial charge < -0.3 is 4.98 Å². The lowest BCUT2D eigenvalue weighted by molar-refractivity contribution is 0.818. The van der Waals surface area contributed by atoms with E-state index in [1.165, 1.54) is 0 Å². The van der Waals surface area contributed by atoms with Gasteiger partial charge in [0.1, 0.15) is 0 Å². The minimum atomic E-state index is -0.325. The molecule has 0 aliphatic heterocycles. The Balaban J connectivity index is 2.86. The minimum Gasteiger partial charge on any atom is -0.309 e. The van der Waals surface area contributed by atoms with E-state index < -0.39 is 0 Å². The molecule has 78 valence electrons. The van der Waals surface area contributed by atoms with Crippen LogP contribution in [0.3, 0.4) is 0 Å². The standard InChI is InChI=1S/C11H11ClN2O/c1-6(2)10-8-4-3-7(12)5-9(8)13-11(15)14-10/h3-6H,1-2H3,(H,13,14,15). The minimum absolute atomic E-state index is 0.254. The molecule has 0 fully saturated rings. The van der Waals surface area contributed by atoms with Crippen molar-refractivity contribution in [3.05, 3.63) is 39.4 Å². The van der Waals surface area contributed by atoms with Crippen molar-refractivity contribution in [3.63, 3.8) is 0 Å². The average molecular weight is 223 g/mol. The second-order valence-electron chi connectivity index (χ2n) is 3.77. The lowest BCUT2D eigenvalue weighted by Crippen LogP contribution is -2.13. The molecule has 0 spiro atoms. The molecule has 0 amide bonds. The van der Waals surface area contributed by atoms with Crippen LogP contribution in [-0.4, -0.2) is 9.97 Å². The molecular weight excluding hydrogens is 212 g/mol. The van der Waals surface area contributed by atoms with Crippen molar-refractivity contribution in [2.75, 3.05) is 0 Å². The van der Waals surface area contributed by atoms with Crippen molar-refractivity contribution >= 4 is 22.5 Å². The second-order valence-corrected chi connectivity index (χ2v) is 4.21. The summed E-state index contributed by atoms with van der Waals surface area (Å²) in [5.74, 6) is 0.254. The first-order chi connectivity index (χ1) is 7.08. The third-order valence-electron chi connectivity index (χ3n) is 2.29. The summed E-state index contributed by atoms with van der Waals surface area (Å²) < 4.78 is 0. The molecule has 1 aromatic heterocycles. The number of aromatic nitrogens is 2. The highest BCUT2D eigenvalue weighted by Gasteiger charge is 2.08. The number of rotatable bonds is 1. The summed E-state index contributed by atoms with van der Waals surface area (Å²) in [6, 6.07) is 5.39. The number of H-pyrrole nitrogens is 1. The SMILES string of the molecule is CC(C)c1[nH]c(=O)nc2cc(Cl)ccc12. The molecule has 1 heterocycles. The van der Waals surface area contributed by atoms with Crippen LogP contribution < -0.4 is 5.69 Å². The molecule has 0 aliphatic carbocycles. The number of nitrogens with zero attached hydrogens (tertiary/aromatic N) is 1. The zero-order chi connectivity index (χ0) is 11.0. The highest BCUT2D eigenvalue weighted by Crippen LogP contribution is 2.22. The van der Waals surface area contributed by atoms with Gasteiger partial charge in [0.2, 0.25) is 0 Å². The molecule has 2 rings (SSSR count). The fourth-order valence-electron chi connectivity index (χ4n) is 1.60. The van der Waals surface area contributed by atoms with E-state index in [-0.39, 0.29) is 11.6 Å². The summed E-state index contributed by atoms with van der Waals surface area (Å²) in [5, 5.41) is 1.55. The van der Waals surface area contributed by atoms with Gasteiger partial charge in [0.15, 0.2) is 0 Å². The molecule has 0 radical (unpaired) electrons. The molecule has 2 aromatic rings. The van der Waals surface area contributed by atoms with Gasteiger partial charge in [0.05, 0.1) is 5.52 Å². The zero-order valence-electron chi connectivity index (χ0n) is 8.54. The van der Waals surface area contributed by atoms with Crippen molar-refractivity contribution in [2.45, 2.75) is 19.8 Å². The zero-order valence-corrected chi connectivity index (χ0v) is 9.30. The molecule has 15 heavy (non-hydrogen) atoms. The van der Waals surface area contributed by atoms with E-state index >= 15 is 0 Å². The number of benzene rings is 1. The molecule has 1 aromatic carbocycles. The number of fused-ring (bicyclic) bond motifs is 1. The molecule has 0 unspecified atom stereocenters. The summed E-state index contributed by atoms with van der Waals surface area (Å²) in [5.41, 5.74) is 1.23. The lowest BCUT2D eigenvalue weighted by atomic mass is 10.1. The average Bonchev–Trinajstić information content (AvgIpc) is 2.15. The largest absolute Gasteiger partial charge is 0.345 e. The third-order valence-corrected chi connectivity index (χ3v) is 2.53. The topological polar surface area (TPSA) is 45.8 Å². The van der Waals surface area contributed by atoms with Crippen LogP contribution in [0, 0.1) is 0 Å². The van der Waals surface area contributed by atoms with Gasteiger partial charge in [-0.05, 0) is 24.1 Å². The maximum absolute atomic E-state index is 11.3. The number of hydrogen-bond acceptors (Lipinski definition) is 2. The predicted octanol–water partition coefficient (Wildman–Crippen LogP) is 2.70. The Bertz CT molecular complexity index is 560. The van der Waals surface area contributed by atoms with Gasteiger partial charge in [-0.25, -0.2) is 4.79 Å². The van der Waals surface area contributed by atoms with Crippen molar-refractivity contribution in [1.29, 1.82) is 0 Å². The Hall–Kier alpha value is -1.35. The van der Waals surface area contributed by atoms with Gasteiger partial charge in [-0.1, -0.05) is 25.4 Å². The molecular formula is C11H11ClN2O. The Morgan fingerprint density at radius 2 is 2.13 bits per heavy atom. The van der Waals surface area contributed by atoms with Crippen LogP contribution in [0.4, 0.5) is 0 Å². The van der Waals surface area contributed by atoms with Crippen LogP contribution in [0.15, 0.2) is 23.0 Å². The van der Waals surface area contributed by atoms with Crippen LogP contribution in [0.1, 0.15) is 25.5 Å².